The molecule has 80 valence electrons. The summed E-state index contributed by atoms with van der Waals surface area (Å²) in [5, 5.41) is 9.02. The van der Waals surface area contributed by atoms with Gasteiger partial charge in [-0.05, 0) is 13.8 Å². The molecule has 1 saturated heterocycles. The molecule has 1 fully saturated rings. The average molecular weight is 197 g/mol. The van der Waals surface area contributed by atoms with Crippen LogP contribution in [-0.4, -0.2) is 48.5 Å². The Kier molecular flexibility index (Phi) is 4.95. The molecule has 0 saturated carbocycles. The zero-order valence-electron chi connectivity index (χ0n) is 8.99. The van der Waals surface area contributed by atoms with Gasteiger partial charge in [-0.2, -0.15) is 0 Å². The van der Waals surface area contributed by atoms with Crippen LogP contribution in [0.4, 0.5) is 0 Å². The van der Waals surface area contributed by atoms with E-state index >= 15 is 0 Å². The molecule has 14 heavy (non-hydrogen) atoms. The van der Waals surface area contributed by atoms with Crippen LogP contribution in [0.3, 0.4) is 0 Å². The number of nitrogens with zero attached hydrogens (tertiary/aromatic N) is 1. The van der Waals surface area contributed by atoms with Crippen LogP contribution >= 0.6 is 0 Å². The van der Waals surface area contributed by atoms with Crippen molar-refractivity contribution in [3.8, 4) is 11.8 Å². The fraction of sp³-hybridized carbons (Fsp3) is 0.818. The highest BCUT2D eigenvalue weighted by molar-refractivity contribution is 4.95. The third-order valence-electron chi connectivity index (χ3n) is 2.34. The van der Waals surface area contributed by atoms with Crippen molar-refractivity contribution in [1.82, 2.24) is 4.90 Å². The zero-order chi connectivity index (χ0) is 10.4. The van der Waals surface area contributed by atoms with Crippen molar-refractivity contribution in [2.75, 3.05) is 26.2 Å². The van der Waals surface area contributed by atoms with E-state index in [2.05, 4.69) is 16.7 Å². The number of rotatable bonds is 3. The minimum Gasteiger partial charge on any atom is -0.394 e. The summed E-state index contributed by atoms with van der Waals surface area (Å²) >= 11 is 0. The number of aliphatic hydroxyl groups is 1. The summed E-state index contributed by atoms with van der Waals surface area (Å²) in [6.07, 6.45) is 1.10. The van der Waals surface area contributed by atoms with Gasteiger partial charge < -0.3 is 9.84 Å². The second-order valence-electron chi connectivity index (χ2n) is 3.69. The summed E-state index contributed by atoms with van der Waals surface area (Å²) in [4.78, 5) is 2.30. The van der Waals surface area contributed by atoms with E-state index in [1.807, 2.05) is 13.8 Å². The summed E-state index contributed by atoms with van der Waals surface area (Å²) in [6.45, 7) is 6.76. The van der Waals surface area contributed by atoms with Crippen LogP contribution in [0.1, 0.15) is 20.3 Å². The zero-order valence-corrected chi connectivity index (χ0v) is 8.99. The number of ether oxygens (including phenoxy) is 1. The predicted octanol–water partition coefficient (Wildman–Crippen LogP) is 0.481. The maximum Gasteiger partial charge on any atom is 0.0936 e. The highest BCUT2D eigenvalue weighted by Gasteiger charge is 2.23. The third-order valence-corrected chi connectivity index (χ3v) is 2.34. The van der Waals surface area contributed by atoms with Gasteiger partial charge in [-0.25, -0.2) is 0 Å². The molecule has 1 aliphatic rings. The lowest BCUT2D eigenvalue weighted by Gasteiger charge is -2.35. The van der Waals surface area contributed by atoms with Gasteiger partial charge in [0, 0.05) is 26.1 Å². The van der Waals surface area contributed by atoms with E-state index in [0.717, 1.165) is 26.1 Å². The van der Waals surface area contributed by atoms with E-state index < -0.39 is 0 Å². The molecule has 3 heteroatoms. The molecule has 3 nitrogen and oxygen atoms in total. The minimum absolute atomic E-state index is 0.0201. The minimum atomic E-state index is -0.0201. The lowest BCUT2D eigenvalue weighted by molar-refractivity contribution is -0.0945. The Bertz CT molecular complexity index is 219. The highest BCUT2D eigenvalue weighted by atomic mass is 16.5. The van der Waals surface area contributed by atoms with Crippen LogP contribution < -0.4 is 0 Å². The molecule has 1 N–H and O–H groups in total. The summed E-state index contributed by atoms with van der Waals surface area (Å²) in [5.74, 6) is 5.93. The van der Waals surface area contributed by atoms with Crippen molar-refractivity contribution in [2.24, 2.45) is 0 Å². The number of hydrogen-bond donors (Lipinski definition) is 1. The quantitative estimate of drug-likeness (QED) is 0.668. The third kappa shape index (κ3) is 3.67. The van der Waals surface area contributed by atoms with Gasteiger partial charge in [0.15, 0.2) is 0 Å². The maximum atomic E-state index is 9.02. The molecule has 1 heterocycles. The van der Waals surface area contributed by atoms with E-state index in [4.69, 9.17) is 9.84 Å². The van der Waals surface area contributed by atoms with Crippen molar-refractivity contribution >= 4 is 0 Å². The van der Waals surface area contributed by atoms with Gasteiger partial charge in [-0.15, -0.1) is 11.8 Å². The number of aliphatic hydroxyl groups excluding tert-OH is 1. The summed E-state index contributed by atoms with van der Waals surface area (Å²) < 4.78 is 5.54. The van der Waals surface area contributed by atoms with Gasteiger partial charge in [-0.3, -0.25) is 4.90 Å². The van der Waals surface area contributed by atoms with Crippen LogP contribution in [0.25, 0.3) is 0 Å². The molecule has 1 rings (SSSR count). The Morgan fingerprint density at radius 2 is 2.29 bits per heavy atom. The number of morpholine rings is 1. The first-order valence-electron chi connectivity index (χ1n) is 5.14. The van der Waals surface area contributed by atoms with Crippen molar-refractivity contribution in [3.63, 3.8) is 0 Å². The normalized spacial score (nSPS) is 28.2. The molecule has 2 atom stereocenters. The van der Waals surface area contributed by atoms with E-state index in [-0.39, 0.29) is 18.8 Å². The Balaban J connectivity index is 2.32. The first kappa shape index (κ1) is 11.5. The standard InChI is InChI=1S/C11H19NO2/c1-3-4-5-6-12-7-10(2)14-11(8-12)9-13/h10-11,13H,5-9H2,1-2H3. The van der Waals surface area contributed by atoms with Crippen LogP contribution in [0.15, 0.2) is 0 Å². The smallest absolute Gasteiger partial charge is 0.0936 e. The van der Waals surface area contributed by atoms with Gasteiger partial charge >= 0.3 is 0 Å². The van der Waals surface area contributed by atoms with Crippen molar-refractivity contribution < 1.29 is 9.84 Å². The van der Waals surface area contributed by atoms with Crippen LogP contribution in [0.2, 0.25) is 0 Å². The summed E-state index contributed by atoms with van der Waals surface area (Å²) in [5.41, 5.74) is 0. The fourth-order valence-electron chi connectivity index (χ4n) is 1.76. The molecule has 0 spiro atoms. The Morgan fingerprint density at radius 3 is 2.93 bits per heavy atom. The van der Waals surface area contributed by atoms with E-state index in [9.17, 15) is 0 Å². The molecular formula is C11H19NO2. The second kappa shape index (κ2) is 6.02. The Hall–Kier alpha value is -0.560. The molecule has 0 aliphatic carbocycles. The van der Waals surface area contributed by atoms with Crippen LogP contribution in [-0.2, 0) is 4.74 Å². The van der Waals surface area contributed by atoms with Crippen LogP contribution in [0, 0.1) is 11.8 Å². The molecule has 0 bridgehead atoms. The first-order valence-corrected chi connectivity index (χ1v) is 5.14. The number of hydrogen-bond acceptors (Lipinski definition) is 3. The maximum absolute atomic E-state index is 9.02. The molecule has 0 aromatic rings. The van der Waals surface area contributed by atoms with Crippen molar-refractivity contribution in [1.29, 1.82) is 0 Å². The lowest BCUT2D eigenvalue weighted by Crippen LogP contribution is -2.48. The van der Waals surface area contributed by atoms with Gasteiger partial charge in [-0.1, -0.05) is 0 Å². The fourth-order valence-corrected chi connectivity index (χ4v) is 1.76. The molecule has 0 amide bonds. The molecule has 0 aromatic heterocycles. The van der Waals surface area contributed by atoms with E-state index in [0.29, 0.717) is 0 Å². The monoisotopic (exact) mass is 197 g/mol. The van der Waals surface area contributed by atoms with Crippen molar-refractivity contribution in [2.45, 2.75) is 32.5 Å². The summed E-state index contributed by atoms with van der Waals surface area (Å²) in [6, 6.07) is 0. The first-order chi connectivity index (χ1) is 6.76. The average Bonchev–Trinajstić information content (AvgIpc) is 2.17. The van der Waals surface area contributed by atoms with Crippen molar-refractivity contribution in [3.05, 3.63) is 0 Å². The second-order valence-corrected chi connectivity index (χ2v) is 3.69. The largest absolute Gasteiger partial charge is 0.394 e. The molecular weight excluding hydrogens is 178 g/mol. The van der Waals surface area contributed by atoms with E-state index in [1.165, 1.54) is 0 Å². The lowest BCUT2D eigenvalue weighted by atomic mass is 10.2. The Morgan fingerprint density at radius 1 is 1.50 bits per heavy atom. The molecule has 0 radical (unpaired) electrons. The molecule has 0 aromatic carbocycles. The SMILES string of the molecule is CC#CCCN1CC(C)OC(CO)C1. The van der Waals surface area contributed by atoms with Gasteiger partial charge in [0.25, 0.3) is 0 Å². The van der Waals surface area contributed by atoms with Gasteiger partial charge in [0.05, 0.1) is 18.8 Å². The topological polar surface area (TPSA) is 32.7 Å². The molecule has 1 aliphatic heterocycles. The summed E-state index contributed by atoms with van der Waals surface area (Å²) in [7, 11) is 0. The van der Waals surface area contributed by atoms with Gasteiger partial charge in [0.1, 0.15) is 0 Å². The Labute approximate surface area is 86.0 Å². The van der Waals surface area contributed by atoms with E-state index in [1.54, 1.807) is 0 Å². The molecule has 2 unspecified atom stereocenters. The van der Waals surface area contributed by atoms with Gasteiger partial charge in [0.2, 0.25) is 0 Å². The van der Waals surface area contributed by atoms with Crippen LogP contribution in [0.5, 0.6) is 0 Å². The highest BCUT2D eigenvalue weighted by Crippen LogP contribution is 2.10. The predicted molar refractivity (Wildman–Crippen MR) is 55.9 cm³/mol.